The molecule has 0 aliphatic rings. The minimum atomic E-state index is -1.67. The molecule has 29 heavy (non-hydrogen) atoms. The molecule has 4 unspecified atom stereocenters. The number of hydrogen-bond donors (Lipinski definition) is 4. The van der Waals surface area contributed by atoms with Crippen LogP contribution in [0, 0.1) is 0 Å². The van der Waals surface area contributed by atoms with Crippen LogP contribution in [-0.2, 0) is 23.8 Å². The van der Waals surface area contributed by atoms with Crippen LogP contribution in [0.15, 0.2) is 0 Å². The smallest absolute Gasteiger partial charge is 0.338 e. The van der Waals surface area contributed by atoms with Crippen LogP contribution in [0.3, 0.4) is 0 Å². The predicted molar refractivity (Wildman–Crippen MR) is 108 cm³/mol. The topological polar surface area (TPSA) is 126 Å². The third-order valence-corrected chi connectivity index (χ3v) is 4.04. The number of aliphatic hydroxyl groups excluding tert-OH is 2. The average molecular weight is 421 g/mol. The van der Waals surface area contributed by atoms with Crippen LogP contribution in [0.4, 0.5) is 0 Å². The van der Waals surface area contributed by atoms with Gasteiger partial charge in [-0.1, -0.05) is 40.5 Å². The second kappa shape index (κ2) is 13.9. The van der Waals surface area contributed by atoms with E-state index in [1.165, 1.54) is 13.8 Å². The van der Waals surface area contributed by atoms with Gasteiger partial charge in [-0.15, -0.1) is 0 Å². The van der Waals surface area contributed by atoms with Gasteiger partial charge in [-0.05, 0) is 25.7 Å². The fourth-order valence-electron chi connectivity index (χ4n) is 2.56. The Balaban J connectivity index is 5.50. The lowest BCUT2D eigenvalue weighted by atomic mass is 10.2. The van der Waals surface area contributed by atoms with Gasteiger partial charge in [-0.25, -0.2) is 9.59 Å². The summed E-state index contributed by atoms with van der Waals surface area (Å²) in [5.74, 6) is -5.03. The van der Waals surface area contributed by atoms with Crippen molar-refractivity contribution in [1.29, 1.82) is 0 Å². The molecule has 0 saturated heterocycles. The Morgan fingerprint density at radius 3 is 1.38 bits per heavy atom. The van der Waals surface area contributed by atoms with Gasteiger partial charge in [0.15, 0.2) is 12.2 Å². The van der Waals surface area contributed by atoms with E-state index < -0.39 is 36.0 Å². The molecule has 0 bridgehead atoms. The Morgan fingerprint density at radius 1 is 0.759 bits per heavy atom. The Kier molecular flexibility index (Phi) is 13.3. The molecule has 9 nitrogen and oxygen atoms in total. The summed E-state index contributed by atoms with van der Waals surface area (Å²) in [6.45, 7) is 11.4. The number of hydrogen-bond acceptors (Lipinski definition) is 9. The first kappa shape index (κ1) is 27.7. The highest BCUT2D eigenvalue weighted by atomic mass is 16.8. The van der Waals surface area contributed by atoms with Gasteiger partial charge in [0.1, 0.15) is 0 Å². The van der Waals surface area contributed by atoms with Gasteiger partial charge in [0, 0.05) is 26.9 Å². The lowest BCUT2D eigenvalue weighted by Gasteiger charge is -2.40. The second-order valence-corrected chi connectivity index (χ2v) is 7.30. The lowest BCUT2D eigenvalue weighted by Crippen LogP contribution is -2.61. The van der Waals surface area contributed by atoms with Gasteiger partial charge in [-0.2, -0.15) is 0 Å². The number of aliphatic hydroxyl groups is 2. The Morgan fingerprint density at radius 2 is 1.10 bits per heavy atom. The molecular formula is C20H40N2O7. The number of ether oxygens (including phenoxy) is 3. The zero-order chi connectivity index (χ0) is 22.5. The summed E-state index contributed by atoms with van der Waals surface area (Å²) in [4.78, 5) is 24.5. The van der Waals surface area contributed by atoms with Crippen molar-refractivity contribution in [2.24, 2.45) is 0 Å². The van der Waals surface area contributed by atoms with E-state index in [2.05, 4.69) is 10.6 Å². The molecule has 0 spiro atoms. The fourth-order valence-corrected chi connectivity index (χ4v) is 2.56. The van der Waals surface area contributed by atoms with Gasteiger partial charge in [0.2, 0.25) is 0 Å². The van der Waals surface area contributed by atoms with Crippen LogP contribution in [0.25, 0.3) is 0 Å². The van der Waals surface area contributed by atoms with Crippen molar-refractivity contribution in [2.75, 3.05) is 13.1 Å². The summed E-state index contributed by atoms with van der Waals surface area (Å²) in [6, 6.07) is 0. The maximum absolute atomic E-state index is 12.3. The molecule has 0 aliphatic carbocycles. The minimum Gasteiger partial charge on any atom is -0.417 e. The van der Waals surface area contributed by atoms with Gasteiger partial charge >= 0.3 is 11.9 Å². The maximum Gasteiger partial charge on any atom is 0.338 e. The monoisotopic (exact) mass is 420 g/mol. The molecule has 0 heterocycles. The zero-order valence-electron chi connectivity index (χ0n) is 18.7. The molecular weight excluding hydrogens is 380 g/mol. The van der Waals surface area contributed by atoms with E-state index in [9.17, 15) is 19.8 Å². The van der Waals surface area contributed by atoms with E-state index in [1.807, 2.05) is 27.7 Å². The normalized spacial score (nSPS) is 17.7. The third-order valence-electron chi connectivity index (χ3n) is 4.04. The van der Waals surface area contributed by atoms with Crippen LogP contribution in [-0.4, -0.2) is 59.3 Å². The highest BCUT2D eigenvalue weighted by Gasteiger charge is 2.42. The van der Waals surface area contributed by atoms with E-state index in [1.54, 1.807) is 0 Å². The molecule has 0 amide bonds. The van der Waals surface area contributed by atoms with Crippen LogP contribution in [0.5, 0.6) is 0 Å². The first-order valence-corrected chi connectivity index (χ1v) is 10.6. The summed E-state index contributed by atoms with van der Waals surface area (Å²) in [5.41, 5.74) is 0. The van der Waals surface area contributed by atoms with Crippen molar-refractivity contribution in [3.8, 4) is 0 Å². The Labute approximate surface area is 174 Å². The van der Waals surface area contributed by atoms with Crippen molar-refractivity contribution in [3.63, 3.8) is 0 Å². The molecule has 0 aromatic heterocycles. The highest BCUT2D eigenvalue weighted by Crippen LogP contribution is 2.22. The highest BCUT2D eigenvalue weighted by molar-refractivity contribution is 5.75. The van der Waals surface area contributed by atoms with Crippen LogP contribution < -0.4 is 10.6 Å². The second-order valence-electron chi connectivity index (χ2n) is 7.30. The van der Waals surface area contributed by atoms with E-state index in [4.69, 9.17) is 14.2 Å². The summed E-state index contributed by atoms with van der Waals surface area (Å²) in [6.07, 6.45) is 0.617. The maximum atomic E-state index is 12.3. The first-order chi connectivity index (χ1) is 13.6. The SMILES string of the molecule is CCCNC(C)(OC(=O)C(O)CCC)OC(C)(NCCC)OC(=O)C(O)CCC. The first-order valence-electron chi connectivity index (χ1n) is 10.6. The fraction of sp³-hybridized carbons (Fsp3) is 0.900. The van der Waals surface area contributed by atoms with Crippen molar-refractivity contribution in [2.45, 2.75) is 104 Å². The van der Waals surface area contributed by atoms with E-state index in [0.717, 1.165) is 12.8 Å². The lowest BCUT2D eigenvalue weighted by molar-refractivity contribution is -0.349. The largest absolute Gasteiger partial charge is 0.417 e. The number of nitrogens with one attached hydrogen (secondary N) is 2. The molecule has 4 atom stereocenters. The minimum absolute atomic E-state index is 0.256. The summed E-state index contributed by atoms with van der Waals surface area (Å²) < 4.78 is 16.7. The Hall–Kier alpha value is -1.26. The average Bonchev–Trinajstić information content (AvgIpc) is 2.64. The standard InChI is InChI=1S/C20H40N2O7/c1-7-11-15(23)17(25)27-19(5,21-13-9-3)29-20(6,22-14-10-4)28-18(26)16(24)12-8-2/h15-16,21-24H,7-14H2,1-6H3. The van der Waals surface area contributed by atoms with Crippen molar-refractivity contribution >= 4 is 11.9 Å². The van der Waals surface area contributed by atoms with Gasteiger partial charge in [0.25, 0.3) is 11.8 Å². The predicted octanol–water partition coefficient (Wildman–Crippen LogP) is 1.76. The van der Waals surface area contributed by atoms with E-state index in [0.29, 0.717) is 25.9 Å². The molecule has 0 saturated carbocycles. The van der Waals surface area contributed by atoms with Crippen LogP contribution in [0.2, 0.25) is 0 Å². The van der Waals surface area contributed by atoms with Crippen molar-refractivity contribution in [3.05, 3.63) is 0 Å². The zero-order valence-corrected chi connectivity index (χ0v) is 18.7. The van der Waals surface area contributed by atoms with E-state index in [-0.39, 0.29) is 12.8 Å². The quantitative estimate of drug-likeness (QED) is 0.218. The molecule has 9 heteroatoms. The molecule has 0 rings (SSSR count). The molecule has 4 N–H and O–H groups in total. The third kappa shape index (κ3) is 10.9. The number of rotatable bonds is 16. The molecule has 0 fully saturated rings. The van der Waals surface area contributed by atoms with Crippen molar-refractivity contribution in [1.82, 2.24) is 10.6 Å². The van der Waals surface area contributed by atoms with E-state index >= 15 is 0 Å². The molecule has 0 radical (unpaired) electrons. The number of esters is 2. The summed E-state index contributed by atoms with van der Waals surface area (Å²) in [7, 11) is 0. The summed E-state index contributed by atoms with van der Waals surface area (Å²) in [5, 5.41) is 25.8. The van der Waals surface area contributed by atoms with Crippen LogP contribution in [0.1, 0.15) is 80.1 Å². The van der Waals surface area contributed by atoms with Gasteiger partial charge in [-0.3, -0.25) is 15.4 Å². The number of carbonyl (C=O) groups is 2. The molecule has 0 aliphatic heterocycles. The van der Waals surface area contributed by atoms with Crippen molar-refractivity contribution < 1.29 is 34.0 Å². The molecule has 172 valence electrons. The summed E-state index contributed by atoms with van der Waals surface area (Å²) >= 11 is 0. The van der Waals surface area contributed by atoms with Gasteiger partial charge < -0.3 is 19.7 Å². The van der Waals surface area contributed by atoms with Crippen LogP contribution >= 0.6 is 0 Å². The Bertz CT molecular complexity index is 449. The number of carbonyl (C=O) groups excluding carboxylic acids is 2. The van der Waals surface area contributed by atoms with Gasteiger partial charge in [0.05, 0.1) is 0 Å². The molecule has 0 aromatic carbocycles. The molecule has 0 aromatic rings.